The molecule has 0 fully saturated rings. The molecular weight excluding hydrogens is 516 g/mol. The molecule has 0 spiro atoms. The average Bonchev–Trinajstić information content (AvgIpc) is 2.98. The quantitative estimate of drug-likeness (QED) is 0.198. The minimum absolute atomic E-state index is 0.108. The number of hydrogen-bond donors (Lipinski definition) is 2. The van der Waals surface area contributed by atoms with Crippen molar-refractivity contribution in [3.8, 4) is 0 Å². The Labute approximate surface area is 235 Å². The molecule has 0 aromatic heterocycles. The molecule has 0 amide bonds. The third kappa shape index (κ3) is 6.08. The Hall–Kier alpha value is -4.42. The van der Waals surface area contributed by atoms with Crippen LogP contribution < -0.4 is 11.1 Å². The number of allylic oxidation sites excluding steroid dienone is 1. The maximum absolute atomic E-state index is 13.7. The number of carbonyl (C=O) groups excluding carboxylic acids is 1. The summed E-state index contributed by atoms with van der Waals surface area (Å²) >= 11 is 0. The predicted octanol–water partition coefficient (Wildman–Crippen LogP) is 6.89. The van der Waals surface area contributed by atoms with Crippen LogP contribution in [0.4, 0.5) is 5.69 Å². The van der Waals surface area contributed by atoms with E-state index in [4.69, 9.17) is 5.73 Å². The molecule has 0 aliphatic carbocycles. The molecule has 0 radical (unpaired) electrons. The lowest BCUT2D eigenvalue weighted by Crippen LogP contribution is -2.32. The van der Waals surface area contributed by atoms with Gasteiger partial charge in [-0.25, -0.2) is 8.42 Å². The van der Waals surface area contributed by atoms with E-state index in [1.807, 2.05) is 97.1 Å². The number of sulfone groups is 1. The zero-order valence-electron chi connectivity index (χ0n) is 22.3. The van der Waals surface area contributed by atoms with Gasteiger partial charge < -0.3 is 11.1 Å². The molecule has 0 aliphatic rings. The number of carbonyl (C=O) groups is 1. The van der Waals surface area contributed by atoms with Crippen LogP contribution in [0.1, 0.15) is 18.9 Å². The number of ketones is 1. The minimum atomic E-state index is -3.98. The number of nitrogens with two attached hydrogens (primary N) is 1. The molecule has 5 aromatic rings. The van der Waals surface area contributed by atoms with Crippen molar-refractivity contribution < 1.29 is 13.2 Å². The first-order valence-electron chi connectivity index (χ1n) is 13.4. The topological polar surface area (TPSA) is 89.3 Å². The average molecular weight is 549 g/mol. The van der Waals surface area contributed by atoms with Gasteiger partial charge >= 0.3 is 0 Å². The number of benzene rings is 5. The van der Waals surface area contributed by atoms with Crippen LogP contribution in [-0.2, 0) is 21.1 Å². The van der Waals surface area contributed by atoms with Gasteiger partial charge in [-0.15, -0.1) is 0 Å². The lowest BCUT2D eigenvalue weighted by Gasteiger charge is -2.20. The maximum atomic E-state index is 13.7. The van der Waals surface area contributed by atoms with Gasteiger partial charge in [-0.05, 0) is 77.2 Å². The molecule has 0 saturated heterocycles. The first kappa shape index (κ1) is 27.2. The van der Waals surface area contributed by atoms with Crippen molar-refractivity contribution >= 4 is 42.9 Å². The van der Waals surface area contributed by atoms with Crippen LogP contribution in [0, 0.1) is 5.92 Å². The first-order valence-corrected chi connectivity index (χ1v) is 14.8. The molecule has 0 aliphatic heterocycles. The number of anilines is 1. The van der Waals surface area contributed by atoms with Crippen LogP contribution in [0.15, 0.2) is 131 Å². The SMILES string of the molecule is CC(Nc1ccc2ccccc2c1)C(=O)C(C=C(N)S(=O)(=O)c1ccc2ccccc2c1)CCc1ccccc1. The van der Waals surface area contributed by atoms with E-state index in [0.717, 1.165) is 32.8 Å². The number of nitrogens with one attached hydrogen (secondary N) is 1. The number of rotatable bonds is 10. The van der Waals surface area contributed by atoms with Crippen molar-refractivity contribution in [1.82, 2.24) is 0 Å². The molecule has 2 atom stereocenters. The predicted molar refractivity (Wildman–Crippen MR) is 164 cm³/mol. The second kappa shape index (κ2) is 11.8. The van der Waals surface area contributed by atoms with E-state index < -0.39 is 21.8 Å². The van der Waals surface area contributed by atoms with Crippen molar-refractivity contribution in [2.24, 2.45) is 11.7 Å². The summed E-state index contributed by atoms with van der Waals surface area (Å²) in [6, 6.07) is 35.8. The maximum Gasteiger partial charge on any atom is 0.220 e. The van der Waals surface area contributed by atoms with Crippen LogP contribution in [0.25, 0.3) is 21.5 Å². The highest BCUT2D eigenvalue weighted by Crippen LogP contribution is 2.25. The highest BCUT2D eigenvalue weighted by atomic mass is 32.2. The zero-order chi connectivity index (χ0) is 28.1. The Morgan fingerprint density at radius 1 is 0.775 bits per heavy atom. The van der Waals surface area contributed by atoms with E-state index in [1.165, 1.54) is 6.08 Å². The molecule has 5 rings (SSSR count). The fourth-order valence-electron chi connectivity index (χ4n) is 4.95. The summed E-state index contributed by atoms with van der Waals surface area (Å²) in [7, 11) is -3.98. The highest BCUT2D eigenvalue weighted by Gasteiger charge is 2.26. The van der Waals surface area contributed by atoms with Crippen LogP contribution in [0.3, 0.4) is 0 Å². The third-order valence-corrected chi connectivity index (χ3v) is 8.85. The molecule has 2 unspecified atom stereocenters. The van der Waals surface area contributed by atoms with E-state index in [2.05, 4.69) is 5.32 Å². The lowest BCUT2D eigenvalue weighted by molar-refractivity contribution is -0.122. The van der Waals surface area contributed by atoms with Gasteiger partial charge in [0, 0.05) is 11.6 Å². The second-order valence-corrected chi connectivity index (χ2v) is 12.0. The van der Waals surface area contributed by atoms with Crippen LogP contribution in [-0.4, -0.2) is 20.2 Å². The van der Waals surface area contributed by atoms with E-state index in [-0.39, 0.29) is 15.7 Å². The molecule has 3 N–H and O–H groups in total. The standard InChI is InChI=1S/C34H32N2O3S/c1-24(36-31-19-17-26-11-5-7-13-28(26)21-31)34(37)30(16-15-25-9-3-2-4-10-25)23-33(35)40(38,39)32-20-18-27-12-6-8-14-29(27)22-32/h2-14,17-24,30,36H,15-16,35H2,1H3. The fourth-order valence-corrected chi connectivity index (χ4v) is 6.10. The Morgan fingerprint density at radius 2 is 1.35 bits per heavy atom. The van der Waals surface area contributed by atoms with Crippen LogP contribution in [0.2, 0.25) is 0 Å². The van der Waals surface area contributed by atoms with Crippen molar-refractivity contribution in [1.29, 1.82) is 0 Å². The van der Waals surface area contributed by atoms with E-state index in [0.29, 0.717) is 12.8 Å². The van der Waals surface area contributed by atoms with Crippen molar-refractivity contribution in [3.63, 3.8) is 0 Å². The van der Waals surface area contributed by atoms with Gasteiger partial charge in [-0.3, -0.25) is 4.79 Å². The smallest absolute Gasteiger partial charge is 0.220 e. The fraction of sp³-hybridized carbons (Fsp3) is 0.147. The molecule has 0 saturated carbocycles. The van der Waals surface area contributed by atoms with Gasteiger partial charge in [0.15, 0.2) is 5.78 Å². The summed E-state index contributed by atoms with van der Waals surface area (Å²) in [6.45, 7) is 1.80. The summed E-state index contributed by atoms with van der Waals surface area (Å²) in [5.74, 6) is -0.820. The van der Waals surface area contributed by atoms with Gasteiger partial charge in [0.05, 0.1) is 10.9 Å². The summed E-state index contributed by atoms with van der Waals surface area (Å²) in [4.78, 5) is 13.9. The van der Waals surface area contributed by atoms with E-state index in [9.17, 15) is 13.2 Å². The van der Waals surface area contributed by atoms with Crippen molar-refractivity contribution in [2.75, 3.05) is 5.32 Å². The minimum Gasteiger partial charge on any atom is -0.389 e. The molecule has 202 valence electrons. The van der Waals surface area contributed by atoms with E-state index in [1.54, 1.807) is 25.1 Å². The summed E-state index contributed by atoms with van der Waals surface area (Å²) < 4.78 is 26.9. The van der Waals surface area contributed by atoms with Crippen LogP contribution >= 0.6 is 0 Å². The molecule has 5 nitrogen and oxygen atoms in total. The molecule has 6 heteroatoms. The number of Topliss-reactive ketones (excluding diaryl/α,β-unsaturated/α-hetero) is 1. The second-order valence-electron chi connectivity index (χ2n) is 10.0. The Kier molecular flexibility index (Phi) is 7.99. The van der Waals surface area contributed by atoms with Gasteiger partial charge in [0.2, 0.25) is 9.84 Å². The Balaban J connectivity index is 1.42. The third-order valence-electron chi connectivity index (χ3n) is 7.22. The number of hydrogen-bond acceptors (Lipinski definition) is 5. The molecule has 0 bridgehead atoms. The number of fused-ring (bicyclic) bond motifs is 2. The first-order chi connectivity index (χ1) is 19.3. The normalized spacial score (nSPS) is 13.7. The Morgan fingerprint density at radius 3 is 2.02 bits per heavy atom. The number of aryl methyl sites for hydroxylation is 1. The van der Waals surface area contributed by atoms with Gasteiger partial charge in [0.25, 0.3) is 0 Å². The van der Waals surface area contributed by atoms with E-state index >= 15 is 0 Å². The molecule has 40 heavy (non-hydrogen) atoms. The highest BCUT2D eigenvalue weighted by molar-refractivity contribution is 7.95. The monoisotopic (exact) mass is 548 g/mol. The Bertz CT molecular complexity index is 1800. The summed E-state index contributed by atoms with van der Waals surface area (Å²) in [5.41, 5.74) is 8.14. The largest absolute Gasteiger partial charge is 0.389 e. The van der Waals surface area contributed by atoms with Gasteiger partial charge in [-0.2, -0.15) is 0 Å². The summed E-state index contributed by atoms with van der Waals surface area (Å²) in [6.07, 6.45) is 2.47. The van der Waals surface area contributed by atoms with Crippen LogP contribution in [0.5, 0.6) is 0 Å². The molecular formula is C34H32N2O3S. The van der Waals surface area contributed by atoms with Crippen molar-refractivity contribution in [3.05, 3.63) is 132 Å². The van der Waals surface area contributed by atoms with Gasteiger partial charge in [-0.1, -0.05) is 91.0 Å². The zero-order valence-corrected chi connectivity index (χ0v) is 23.1. The van der Waals surface area contributed by atoms with Crippen molar-refractivity contribution in [2.45, 2.75) is 30.7 Å². The van der Waals surface area contributed by atoms with Gasteiger partial charge in [0.1, 0.15) is 5.03 Å². The molecule has 5 aromatic carbocycles. The lowest BCUT2D eigenvalue weighted by atomic mass is 9.92. The molecule has 0 heterocycles. The summed E-state index contributed by atoms with van der Waals surface area (Å²) in [5, 5.41) is 6.92.